The molecule has 1 saturated heterocycles. The number of carbonyl (C=O) groups excluding carboxylic acids is 2. The van der Waals surface area contributed by atoms with Crippen molar-refractivity contribution in [3.05, 3.63) is 0 Å². The average molecular weight is 285 g/mol. The molecule has 2 atom stereocenters. The van der Waals surface area contributed by atoms with E-state index in [1.807, 2.05) is 0 Å². The third kappa shape index (κ3) is 3.85. The van der Waals surface area contributed by atoms with Crippen LogP contribution in [0, 0.1) is 5.92 Å². The van der Waals surface area contributed by atoms with Crippen LogP contribution in [0.5, 0.6) is 0 Å². The van der Waals surface area contributed by atoms with Gasteiger partial charge in [-0.05, 0) is 25.2 Å². The van der Waals surface area contributed by atoms with Crippen molar-refractivity contribution in [2.45, 2.75) is 45.2 Å². The van der Waals surface area contributed by atoms with Crippen molar-refractivity contribution in [1.82, 2.24) is 15.5 Å². The number of urea groups is 1. The lowest BCUT2D eigenvalue weighted by Gasteiger charge is -2.35. The smallest absolute Gasteiger partial charge is 0.326 e. The summed E-state index contributed by atoms with van der Waals surface area (Å²) >= 11 is 0. The summed E-state index contributed by atoms with van der Waals surface area (Å²) in [7, 11) is 1.53. The molecule has 0 spiro atoms. The number of carboxylic acid groups (broad SMARTS) is 1. The summed E-state index contributed by atoms with van der Waals surface area (Å²) in [4.78, 5) is 36.6. The van der Waals surface area contributed by atoms with E-state index in [1.165, 1.54) is 11.9 Å². The van der Waals surface area contributed by atoms with Gasteiger partial charge >= 0.3 is 12.0 Å². The standard InChI is InChI=1S/C13H23N3O4/c1-8(2)10(12(18)19)15-13(20)16-7-5-4-6-9(16)11(17)14-3/h8-10H,4-7H2,1-3H3,(H,14,17)(H,15,20)(H,18,19)/t9?,10-/m0/s1. The third-order valence-corrected chi connectivity index (χ3v) is 3.52. The largest absolute Gasteiger partial charge is 0.480 e. The first-order valence-corrected chi connectivity index (χ1v) is 6.90. The maximum atomic E-state index is 12.2. The highest BCUT2D eigenvalue weighted by molar-refractivity contribution is 5.89. The van der Waals surface area contributed by atoms with E-state index in [9.17, 15) is 14.4 Å². The summed E-state index contributed by atoms with van der Waals surface area (Å²) in [5, 5.41) is 14.1. The summed E-state index contributed by atoms with van der Waals surface area (Å²) in [6.07, 6.45) is 2.31. The number of hydrogen-bond acceptors (Lipinski definition) is 3. The lowest BCUT2D eigenvalue weighted by atomic mass is 10.0. The van der Waals surface area contributed by atoms with Gasteiger partial charge in [-0.2, -0.15) is 0 Å². The number of carbonyl (C=O) groups is 3. The van der Waals surface area contributed by atoms with Gasteiger partial charge in [-0.15, -0.1) is 0 Å². The van der Waals surface area contributed by atoms with Crippen LogP contribution in [0.2, 0.25) is 0 Å². The summed E-state index contributed by atoms with van der Waals surface area (Å²) in [6.45, 7) is 3.92. The molecule has 20 heavy (non-hydrogen) atoms. The molecule has 7 heteroatoms. The summed E-state index contributed by atoms with van der Waals surface area (Å²) in [6, 6.07) is -1.95. The Hall–Kier alpha value is -1.79. The fraction of sp³-hybridized carbons (Fsp3) is 0.769. The summed E-state index contributed by atoms with van der Waals surface area (Å²) < 4.78 is 0. The number of carboxylic acids is 1. The van der Waals surface area contributed by atoms with Gasteiger partial charge in [-0.25, -0.2) is 9.59 Å². The Labute approximate surface area is 118 Å². The number of rotatable bonds is 4. The van der Waals surface area contributed by atoms with E-state index in [4.69, 9.17) is 5.11 Å². The van der Waals surface area contributed by atoms with Gasteiger partial charge in [-0.1, -0.05) is 13.8 Å². The topological polar surface area (TPSA) is 98.7 Å². The highest BCUT2D eigenvalue weighted by Crippen LogP contribution is 2.17. The molecule has 1 aliphatic rings. The van der Waals surface area contributed by atoms with Crippen molar-refractivity contribution in [1.29, 1.82) is 0 Å². The zero-order valence-corrected chi connectivity index (χ0v) is 12.2. The maximum absolute atomic E-state index is 12.2. The van der Waals surface area contributed by atoms with Crippen LogP contribution in [-0.4, -0.2) is 53.6 Å². The predicted molar refractivity (Wildman–Crippen MR) is 73.2 cm³/mol. The third-order valence-electron chi connectivity index (χ3n) is 3.52. The van der Waals surface area contributed by atoms with Crippen LogP contribution in [0.4, 0.5) is 4.79 Å². The van der Waals surface area contributed by atoms with Gasteiger partial charge in [0.25, 0.3) is 0 Å². The molecule has 7 nitrogen and oxygen atoms in total. The number of aliphatic carboxylic acids is 1. The number of likely N-dealkylation sites (N-methyl/N-ethyl adjacent to an activating group) is 1. The van der Waals surface area contributed by atoms with Crippen LogP contribution in [0.3, 0.4) is 0 Å². The monoisotopic (exact) mass is 285 g/mol. The number of nitrogens with zero attached hydrogens (tertiary/aromatic N) is 1. The predicted octanol–water partition coefficient (Wildman–Crippen LogP) is 0.406. The first-order valence-electron chi connectivity index (χ1n) is 6.90. The number of likely N-dealkylation sites (tertiary alicyclic amines) is 1. The lowest BCUT2D eigenvalue weighted by Crippen LogP contribution is -2.57. The minimum atomic E-state index is -1.07. The Morgan fingerprint density at radius 3 is 2.40 bits per heavy atom. The molecule has 1 rings (SSSR count). The van der Waals surface area contributed by atoms with Gasteiger partial charge < -0.3 is 20.6 Å². The van der Waals surface area contributed by atoms with E-state index < -0.39 is 24.1 Å². The van der Waals surface area contributed by atoms with Gasteiger partial charge in [0.15, 0.2) is 0 Å². The molecule has 1 heterocycles. The average Bonchev–Trinajstić information content (AvgIpc) is 2.42. The van der Waals surface area contributed by atoms with Crippen LogP contribution >= 0.6 is 0 Å². The highest BCUT2D eigenvalue weighted by atomic mass is 16.4. The van der Waals surface area contributed by atoms with E-state index in [-0.39, 0.29) is 11.8 Å². The minimum absolute atomic E-state index is 0.212. The van der Waals surface area contributed by atoms with Gasteiger partial charge in [0.2, 0.25) is 5.91 Å². The molecular weight excluding hydrogens is 262 g/mol. The fourth-order valence-corrected chi connectivity index (χ4v) is 2.34. The second-order valence-corrected chi connectivity index (χ2v) is 5.33. The number of hydrogen-bond donors (Lipinski definition) is 3. The van der Waals surface area contributed by atoms with Crippen LogP contribution < -0.4 is 10.6 Å². The zero-order valence-electron chi connectivity index (χ0n) is 12.2. The summed E-state index contributed by atoms with van der Waals surface area (Å²) in [5.41, 5.74) is 0. The Kier molecular flexibility index (Phi) is 5.79. The Bertz CT molecular complexity index is 384. The molecule has 114 valence electrons. The van der Waals surface area contributed by atoms with Crippen LogP contribution in [0.1, 0.15) is 33.1 Å². The molecule has 0 radical (unpaired) electrons. The van der Waals surface area contributed by atoms with Gasteiger partial charge in [0.1, 0.15) is 12.1 Å². The maximum Gasteiger partial charge on any atom is 0.326 e. The number of nitrogens with one attached hydrogen (secondary N) is 2. The molecule has 3 N–H and O–H groups in total. The van der Waals surface area contributed by atoms with E-state index >= 15 is 0 Å². The summed E-state index contributed by atoms with van der Waals surface area (Å²) in [5.74, 6) is -1.50. The molecular formula is C13H23N3O4. The first-order chi connectivity index (χ1) is 9.38. The van der Waals surface area contributed by atoms with Gasteiger partial charge in [0, 0.05) is 13.6 Å². The number of piperidine rings is 1. The van der Waals surface area contributed by atoms with Crippen molar-refractivity contribution in [3.63, 3.8) is 0 Å². The van der Waals surface area contributed by atoms with Crippen molar-refractivity contribution in [3.8, 4) is 0 Å². The van der Waals surface area contributed by atoms with Crippen LogP contribution in [0.25, 0.3) is 0 Å². The first kappa shape index (κ1) is 16.3. The minimum Gasteiger partial charge on any atom is -0.480 e. The SMILES string of the molecule is CNC(=O)C1CCCCN1C(=O)N[C@H](C(=O)O)C(C)C. The highest BCUT2D eigenvalue weighted by Gasteiger charge is 2.34. The normalized spacial score (nSPS) is 20.4. The molecule has 1 fully saturated rings. The van der Waals surface area contributed by atoms with Gasteiger partial charge in [-0.3, -0.25) is 4.79 Å². The molecule has 1 aliphatic heterocycles. The van der Waals surface area contributed by atoms with Crippen molar-refractivity contribution >= 4 is 17.9 Å². The Morgan fingerprint density at radius 2 is 1.90 bits per heavy atom. The van der Waals surface area contributed by atoms with E-state index in [0.29, 0.717) is 13.0 Å². The number of amides is 3. The molecule has 0 aromatic heterocycles. The van der Waals surface area contributed by atoms with Crippen molar-refractivity contribution in [2.75, 3.05) is 13.6 Å². The quantitative estimate of drug-likeness (QED) is 0.696. The molecule has 0 aromatic rings. The Balaban J connectivity index is 2.77. The Morgan fingerprint density at radius 1 is 1.25 bits per heavy atom. The molecule has 3 amide bonds. The molecule has 0 saturated carbocycles. The van der Waals surface area contributed by atoms with E-state index in [0.717, 1.165) is 12.8 Å². The van der Waals surface area contributed by atoms with Crippen LogP contribution in [-0.2, 0) is 9.59 Å². The lowest BCUT2D eigenvalue weighted by molar-refractivity contribution is -0.140. The molecule has 1 unspecified atom stereocenters. The zero-order chi connectivity index (χ0) is 15.3. The van der Waals surface area contributed by atoms with Crippen LogP contribution in [0.15, 0.2) is 0 Å². The van der Waals surface area contributed by atoms with E-state index in [1.54, 1.807) is 13.8 Å². The molecule has 0 aromatic carbocycles. The van der Waals surface area contributed by atoms with Crippen molar-refractivity contribution in [2.24, 2.45) is 5.92 Å². The second-order valence-electron chi connectivity index (χ2n) is 5.33. The van der Waals surface area contributed by atoms with E-state index in [2.05, 4.69) is 10.6 Å². The second kappa shape index (κ2) is 7.12. The molecule has 0 bridgehead atoms. The fourth-order valence-electron chi connectivity index (χ4n) is 2.34. The molecule has 0 aliphatic carbocycles. The van der Waals surface area contributed by atoms with Crippen molar-refractivity contribution < 1.29 is 19.5 Å². The van der Waals surface area contributed by atoms with Gasteiger partial charge in [0.05, 0.1) is 0 Å².